The van der Waals surface area contributed by atoms with Crippen LogP contribution < -0.4 is 5.32 Å². The number of hydrogen-bond acceptors (Lipinski definition) is 6. The second-order valence-electron chi connectivity index (χ2n) is 4.47. The summed E-state index contributed by atoms with van der Waals surface area (Å²) in [5.74, 6) is -0.318. The van der Waals surface area contributed by atoms with E-state index in [-0.39, 0.29) is 21.2 Å². The first-order valence-electron chi connectivity index (χ1n) is 5.96. The second-order valence-corrected chi connectivity index (χ2v) is 5.87. The van der Waals surface area contributed by atoms with Gasteiger partial charge < -0.3 is 0 Å². The van der Waals surface area contributed by atoms with E-state index < -0.39 is 10.8 Å². The van der Waals surface area contributed by atoms with Gasteiger partial charge in [-0.25, -0.2) is 9.97 Å². The maximum absolute atomic E-state index is 12.1. The summed E-state index contributed by atoms with van der Waals surface area (Å²) < 4.78 is 0. The Labute approximate surface area is 129 Å². The summed E-state index contributed by atoms with van der Waals surface area (Å²) in [6, 6.07) is 3.07. The van der Waals surface area contributed by atoms with Gasteiger partial charge in [0.1, 0.15) is 11.3 Å². The molecule has 0 aliphatic rings. The maximum atomic E-state index is 12.1. The molecule has 0 spiro atoms. The highest BCUT2D eigenvalue weighted by Gasteiger charge is 2.16. The Hall–Kier alpha value is -2.06. The largest absolute Gasteiger partial charge is 0.345 e. The lowest BCUT2D eigenvalue weighted by atomic mass is 10.1. The summed E-state index contributed by atoms with van der Waals surface area (Å²) >= 11 is 6.68. The van der Waals surface area contributed by atoms with Crippen molar-refractivity contribution >= 4 is 39.0 Å². The molecule has 2 aromatic heterocycles. The third kappa shape index (κ3) is 3.73. The summed E-state index contributed by atoms with van der Waals surface area (Å²) in [5, 5.41) is 13.3. The molecule has 2 rings (SSSR count). The van der Waals surface area contributed by atoms with Gasteiger partial charge in [0, 0.05) is 11.3 Å². The number of hydrogen-bond donors (Lipinski definition) is 1. The molecule has 21 heavy (non-hydrogen) atoms. The van der Waals surface area contributed by atoms with Crippen LogP contribution in [-0.4, -0.2) is 20.8 Å². The summed E-state index contributed by atoms with van der Waals surface area (Å²) in [4.78, 5) is 30.0. The molecule has 0 saturated heterocycles. The lowest BCUT2D eigenvalue weighted by Gasteiger charge is -2.08. The number of aromatic nitrogens is 2. The maximum Gasteiger partial charge on any atom is 0.345 e. The lowest BCUT2D eigenvalue weighted by Crippen LogP contribution is -2.12. The van der Waals surface area contributed by atoms with Crippen LogP contribution in [0.25, 0.3) is 0 Å². The molecular weight excluding hydrogens is 316 g/mol. The fraction of sp³-hybridized carbons (Fsp3) is 0.250. The summed E-state index contributed by atoms with van der Waals surface area (Å²) in [6.45, 7) is 3.87. The molecular formula is C12H11ClN4O3S. The summed E-state index contributed by atoms with van der Waals surface area (Å²) in [5.41, 5.74) is 1.02. The van der Waals surface area contributed by atoms with Crippen LogP contribution in [0, 0.1) is 10.1 Å². The minimum Gasteiger partial charge on any atom is -0.298 e. The zero-order valence-electron chi connectivity index (χ0n) is 11.2. The fourth-order valence-electron chi connectivity index (χ4n) is 1.52. The number of amides is 1. The van der Waals surface area contributed by atoms with Crippen molar-refractivity contribution in [3.05, 3.63) is 44.9 Å². The highest BCUT2D eigenvalue weighted by atomic mass is 35.5. The number of thiazole rings is 1. The van der Waals surface area contributed by atoms with E-state index in [4.69, 9.17) is 11.6 Å². The molecule has 2 aromatic rings. The molecule has 0 bridgehead atoms. The van der Waals surface area contributed by atoms with E-state index in [2.05, 4.69) is 15.3 Å². The van der Waals surface area contributed by atoms with Gasteiger partial charge in [0.05, 0.1) is 4.92 Å². The smallest absolute Gasteiger partial charge is 0.298 e. The van der Waals surface area contributed by atoms with Crippen molar-refractivity contribution < 1.29 is 9.72 Å². The quantitative estimate of drug-likeness (QED) is 0.527. The number of pyridine rings is 1. The minimum atomic E-state index is -0.562. The first-order chi connectivity index (χ1) is 9.86. The molecule has 0 atom stereocenters. The van der Waals surface area contributed by atoms with Crippen molar-refractivity contribution in [3.8, 4) is 0 Å². The van der Waals surface area contributed by atoms with E-state index in [9.17, 15) is 14.9 Å². The standard InChI is InChI=1S/C12H11ClN4O3S/c1-6(2)8-3-7(4-9(13)15-8)11(18)16-12-14-5-10(21-12)17(19)20/h3-6H,1-2H3,(H,14,16,18). The van der Waals surface area contributed by atoms with Crippen molar-refractivity contribution in [2.75, 3.05) is 5.32 Å². The van der Waals surface area contributed by atoms with Gasteiger partial charge in [-0.05, 0) is 29.4 Å². The van der Waals surface area contributed by atoms with Crippen LogP contribution in [0.5, 0.6) is 0 Å². The van der Waals surface area contributed by atoms with Gasteiger partial charge in [-0.1, -0.05) is 25.4 Å². The highest BCUT2D eigenvalue weighted by Crippen LogP contribution is 2.26. The minimum absolute atomic E-state index is 0.121. The molecule has 0 aliphatic heterocycles. The third-order valence-corrected chi connectivity index (χ3v) is 3.62. The van der Waals surface area contributed by atoms with Gasteiger partial charge in [-0.15, -0.1) is 0 Å². The molecule has 0 fully saturated rings. The monoisotopic (exact) mass is 326 g/mol. The summed E-state index contributed by atoms with van der Waals surface area (Å²) in [6.07, 6.45) is 1.10. The Balaban J connectivity index is 2.21. The molecule has 2 heterocycles. The molecule has 0 saturated carbocycles. The van der Waals surface area contributed by atoms with Gasteiger partial charge in [0.2, 0.25) is 0 Å². The fourth-order valence-corrected chi connectivity index (χ4v) is 2.36. The normalized spacial score (nSPS) is 10.7. The van der Waals surface area contributed by atoms with Gasteiger partial charge in [-0.3, -0.25) is 20.2 Å². The topological polar surface area (TPSA) is 98.0 Å². The van der Waals surface area contributed by atoms with Crippen molar-refractivity contribution in [1.82, 2.24) is 9.97 Å². The Morgan fingerprint density at radius 1 is 1.48 bits per heavy atom. The van der Waals surface area contributed by atoms with Crippen LogP contribution in [0.4, 0.5) is 10.1 Å². The number of carbonyl (C=O) groups is 1. The molecule has 0 radical (unpaired) electrons. The molecule has 9 heteroatoms. The zero-order chi connectivity index (χ0) is 15.6. The number of nitrogens with one attached hydrogen (secondary N) is 1. The van der Waals surface area contributed by atoms with Crippen LogP contribution in [0.2, 0.25) is 5.15 Å². The van der Waals surface area contributed by atoms with Crippen LogP contribution >= 0.6 is 22.9 Å². The number of halogens is 1. The number of carbonyl (C=O) groups excluding carboxylic acids is 1. The Morgan fingerprint density at radius 2 is 2.19 bits per heavy atom. The average Bonchev–Trinajstić information content (AvgIpc) is 2.86. The van der Waals surface area contributed by atoms with E-state index in [0.717, 1.165) is 17.5 Å². The molecule has 0 aliphatic carbocycles. The molecule has 110 valence electrons. The second kappa shape index (κ2) is 6.15. The number of nitro groups is 1. The molecule has 7 nitrogen and oxygen atoms in total. The van der Waals surface area contributed by atoms with E-state index >= 15 is 0 Å². The molecule has 0 aromatic carbocycles. The average molecular weight is 327 g/mol. The molecule has 1 N–H and O–H groups in total. The van der Waals surface area contributed by atoms with Gasteiger partial charge in [0.15, 0.2) is 5.13 Å². The number of nitrogens with zero attached hydrogens (tertiary/aromatic N) is 3. The SMILES string of the molecule is CC(C)c1cc(C(=O)Nc2ncc([N+](=O)[O-])s2)cc(Cl)n1. The number of rotatable bonds is 4. The van der Waals surface area contributed by atoms with E-state index in [1.807, 2.05) is 13.8 Å². The van der Waals surface area contributed by atoms with Crippen LogP contribution in [0.1, 0.15) is 35.8 Å². The van der Waals surface area contributed by atoms with Gasteiger partial charge in [-0.2, -0.15) is 0 Å². The van der Waals surface area contributed by atoms with E-state index in [1.54, 1.807) is 6.07 Å². The number of anilines is 1. The van der Waals surface area contributed by atoms with E-state index in [1.165, 1.54) is 6.07 Å². The Kier molecular flexibility index (Phi) is 4.49. The van der Waals surface area contributed by atoms with Crippen LogP contribution in [-0.2, 0) is 0 Å². The van der Waals surface area contributed by atoms with Crippen molar-refractivity contribution in [1.29, 1.82) is 0 Å². The molecule has 0 unspecified atom stereocenters. The van der Waals surface area contributed by atoms with Gasteiger partial charge >= 0.3 is 5.00 Å². The Bertz CT molecular complexity index is 702. The van der Waals surface area contributed by atoms with Crippen LogP contribution in [0.15, 0.2) is 18.3 Å². The predicted octanol–water partition coefficient (Wildman–Crippen LogP) is 3.48. The third-order valence-electron chi connectivity index (χ3n) is 2.56. The first-order valence-corrected chi connectivity index (χ1v) is 7.15. The van der Waals surface area contributed by atoms with Crippen LogP contribution in [0.3, 0.4) is 0 Å². The predicted molar refractivity (Wildman–Crippen MR) is 80.1 cm³/mol. The first kappa shape index (κ1) is 15.3. The van der Waals surface area contributed by atoms with Gasteiger partial charge in [0.25, 0.3) is 5.91 Å². The van der Waals surface area contributed by atoms with E-state index in [0.29, 0.717) is 11.3 Å². The highest BCUT2D eigenvalue weighted by molar-refractivity contribution is 7.18. The molecule has 1 amide bonds. The zero-order valence-corrected chi connectivity index (χ0v) is 12.7. The summed E-state index contributed by atoms with van der Waals surface area (Å²) in [7, 11) is 0. The Morgan fingerprint density at radius 3 is 2.76 bits per heavy atom. The van der Waals surface area contributed by atoms with Crippen molar-refractivity contribution in [3.63, 3.8) is 0 Å². The van der Waals surface area contributed by atoms with Crippen molar-refractivity contribution in [2.24, 2.45) is 0 Å². The van der Waals surface area contributed by atoms with Crippen molar-refractivity contribution in [2.45, 2.75) is 19.8 Å². The lowest BCUT2D eigenvalue weighted by molar-refractivity contribution is -0.380.